The van der Waals surface area contributed by atoms with Crippen molar-refractivity contribution in [2.45, 2.75) is 43.4 Å². The smallest absolute Gasteiger partial charge is 0.264 e. The molecular formula is C21H23FN2O4S2. The lowest BCUT2D eigenvalue weighted by Crippen LogP contribution is -2.35. The Morgan fingerprint density at radius 3 is 2.37 bits per heavy atom. The fourth-order valence-corrected chi connectivity index (χ4v) is 6.74. The normalized spacial score (nSPS) is 17.2. The molecule has 2 aliphatic rings. The van der Waals surface area contributed by atoms with E-state index in [-0.39, 0.29) is 4.90 Å². The Labute approximate surface area is 176 Å². The Bertz CT molecular complexity index is 1190. The molecule has 6 nitrogen and oxygen atoms in total. The molecule has 2 aromatic carbocycles. The monoisotopic (exact) mass is 450 g/mol. The lowest BCUT2D eigenvalue weighted by atomic mass is 10.0. The number of nitrogens with zero attached hydrogens (tertiary/aromatic N) is 1. The first-order valence-electron chi connectivity index (χ1n) is 9.90. The van der Waals surface area contributed by atoms with Crippen LogP contribution in [0.25, 0.3) is 0 Å². The maximum atomic E-state index is 13.2. The Hall–Kier alpha value is -2.39. The fraction of sp³-hybridized carbons (Fsp3) is 0.333. The van der Waals surface area contributed by atoms with Gasteiger partial charge in [-0.3, -0.25) is 9.03 Å². The van der Waals surface area contributed by atoms with Gasteiger partial charge in [-0.15, -0.1) is 0 Å². The highest BCUT2D eigenvalue weighted by atomic mass is 32.2. The van der Waals surface area contributed by atoms with Gasteiger partial charge in [-0.2, -0.15) is 0 Å². The average Bonchev–Trinajstić information content (AvgIpc) is 2.74. The summed E-state index contributed by atoms with van der Waals surface area (Å²) in [4.78, 5) is 0.428. The number of hydrogen-bond donors (Lipinski definition) is 1. The maximum Gasteiger partial charge on any atom is 0.264 e. The molecule has 1 heterocycles. The molecule has 1 aliphatic carbocycles. The average molecular weight is 451 g/mol. The Kier molecular flexibility index (Phi) is 5.59. The minimum Gasteiger partial charge on any atom is -0.280 e. The molecule has 0 atom stereocenters. The second kappa shape index (κ2) is 8.03. The van der Waals surface area contributed by atoms with Crippen molar-refractivity contribution in [1.82, 2.24) is 0 Å². The maximum absolute atomic E-state index is 13.2. The van der Waals surface area contributed by atoms with Crippen LogP contribution in [0.3, 0.4) is 0 Å². The van der Waals surface area contributed by atoms with Crippen LogP contribution in [0.5, 0.6) is 0 Å². The molecule has 4 rings (SSSR count). The van der Waals surface area contributed by atoms with Crippen LogP contribution in [-0.2, 0) is 26.5 Å². The van der Waals surface area contributed by atoms with Crippen molar-refractivity contribution < 1.29 is 21.2 Å². The molecule has 9 heteroatoms. The van der Waals surface area contributed by atoms with Gasteiger partial charge in [-0.1, -0.05) is 6.08 Å². The minimum absolute atomic E-state index is 0.0192. The molecule has 0 spiro atoms. The van der Waals surface area contributed by atoms with Crippen molar-refractivity contribution in [3.05, 3.63) is 64.8 Å². The van der Waals surface area contributed by atoms with Gasteiger partial charge in [0.05, 0.1) is 15.5 Å². The predicted octanol–water partition coefficient (Wildman–Crippen LogP) is 4.17. The zero-order chi connectivity index (χ0) is 21.4. The number of nitrogens with one attached hydrogen (secondary N) is 1. The van der Waals surface area contributed by atoms with Gasteiger partial charge in [-0.25, -0.2) is 21.2 Å². The molecule has 2 aromatic rings. The van der Waals surface area contributed by atoms with E-state index in [9.17, 15) is 21.2 Å². The van der Waals surface area contributed by atoms with Crippen LogP contribution in [0, 0.1) is 5.82 Å². The molecule has 30 heavy (non-hydrogen) atoms. The van der Waals surface area contributed by atoms with E-state index in [0.717, 1.165) is 37.0 Å². The van der Waals surface area contributed by atoms with Crippen molar-refractivity contribution in [3.8, 4) is 0 Å². The van der Waals surface area contributed by atoms with Gasteiger partial charge in [0.15, 0.2) is 0 Å². The van der Waals surface area contributed by atoms with Crippen LogP contribution >= 0.6 is 0 Å². The molecule has 0 saturated carbocycles. The number of sulfonamides is 2. The van der Waals surface area contributed by atoms with Gasteiger partial charge in [0.25, 0.3) is 20.0 Å². The van der Waals surface area contributed by atoms with Crippen LogP contribution in [0.1, 0.15) is 37.7 Å². The molecule has 0 amide bonds. The topological polar surface area (TPSA) is 83.6 Å². The number of aryl methyl sites for hydroxylation is 1. The fourth-order valence-electron chi connectivity index (χ4n) is 3.88. The van der Waals surface area contributed by atoms with Crippen molar-refractivity contribution in [3.63, 3.8) is 0 Å². The van der Waals surface area contributed by atoms with Gasteiger partial charge < -0.3 is 0 Å². The van der Waals surface area contributed by atoms with Crippen LogP contribution in [0.15, 0.2) is 58.3 Å². The van der Waals surface area contributed by atoms with Crippen LogP contribution in [0.4, 0.5) is 15.8 Å². The quantitative estimate of drug-likeness (QED) is 0.741. The molecule has 0 bridgehead atoms. The summed E-state index contributed by atoms with van der Waals surface area (Å²) in [6.07, 6.45) is 6.16. The minimum atomic E-state index is -3.84. The van der Waals surface area contributed by atoms with E-state index in [1.165, 1.54) is 16.4 Å². The first-order chi connectivity index (χ1) is 14.3. The zero-order valence-corrected chi connectivity index (χ0v) is 18.0. The van der Waals surface area contributed by atoms with E-state index >= 15 is 0 Å². The summed E-state index contributed by atoms with van der Waals surface area (Å²) in [7, 11) is -7.45. The van der Waals surface area contributed by atoms with E-state index in [1.807, 2.05) is 0 Å². The lowest BCUT2D eigenvalue weighted by molar-refractivity contribution is 0.585. The molecular weight excluding hydrogens is 427 g/mol. The first kappa shape index (κ1) is 20.9. The van der Waals surface area contributed by atoms with E-state index in [0.29, 0.717) is 42.1 Å². The number of rotatable bonds is 5. The zero-order valence-electron chi connectivity index (χ0n) is 16.3. The third-order valence-electron chi connectivity index (χ3n) is 5.40. The molecule has 1 N–H and O–H groups in total. The molecule has 0 saturated heterocycles. The van der Waals surface area contributed by atoms with Gasteiger partial charge >= 0.3 is 0 Å². The summed E-state index contributed by atoms with van der Waals surface area (Å²) in [5.41, 5.74) is 1.69. The van der Waals surface area contributed by atoms with Crippen molar-refractivity contribution in [1.29, 1.82) is 0 Å². The number of halogens is 1. The third kappa shape index (κ3) is 4.09. The van der Waals surface area contributed by atoms with Gasteiger partial charge in [0.1, 0.15) is 5.82 Å². The summed E-state index contributed by atoms with van der Waals surface area (Å²) in [6.45, 7) is 0.310. The molecule has 1 aliphatic heterocycles. The second-order valence-corrected chi connectivity index (χ2v) is 11.1. The number of allylic oxidation sites excluding steroid dienone is 2. The van der Waals surface area contributed by atoms with Gasteiger partial charge in [-0.05, 0) is 86.6 Å². The van der Waals surface area contributed by atoms with Gasteiger partial charge in [0.2, 0.25) is 0 Å². The van der Waals surface area contributed by atoms with Crippen LogP contribution in [-0.4, -0.2) is 23.4 Å². The van der Waals surface area contributed by atoms with Gasteiger partial charge in [0, 0.05) is 12.2 Å². The highest BCUT2D eigenvalue weighted by Gasteiger charge is 2.29. The first-order valence-corrected chi connectivity index (χ1v) is 12.8. The van der Waals surface area contributed by atoms with E-state index in [2.05, 4.69) is 4.72 Å². The van der Waals surface area contributed by atoms with Crippen LogP contribution in [0.2, 0.25) is 0 Å². The van der Waals surface area contributed by atoms with Crippen LogP contribution < -0.4 is 9.03 Å². The summed E-state index contributed by atoms with van der Waals surface area (Å²) in [5, 5.41) is 0. The van der Waals surface area contributed by atoms with Crippen molar-refractivity contribution in [2.24, 2.45) is 0 Å². The Morgan fingerprint density at radius 1 is 0.900 bits per heavy atom. The van der Waals surface area contributed by atoms with E-state index in [4.69, 9.17) is 0 Å². The summed E-state index contributed by atoms with van der Waals surface area (Å²) < 4.78 is 68.6. The largest absolute Gasteiger partial charge is 0.280 e. The number of anilines is 2. The lowest BCUT2D eigenvalue weighted by Gasteiger charge is -2.31. The number of benzene rings is 2. The molecule has 0 fully saturated rings. The third-order valence-corrected chi connectivity index (χ3v) is 8.80. The Morgan fingerprint density at radius 2 is 1.67 bits per heavy atom. The molecule has 0 unspecified atom stereocenters. The van der Waals surface area contributed by atoms with E-state index in [1.54, 1.807) is 24.3 Å². The Balaban J connectivity index is 1.63. The highest BCUT2D eigenvalue weighted by Crippen LogP contribution is 2.34. The summed E-state index contributed by atoms with van der Waals surface area (Å²) in [5.74, 6) is -0.502. The second-order valence-electron chi connectivity index (χ2n) is 7.50. The summed E-state index contributed by atoms with van der Waals surface area (Å²) in [6, 6.07) is 9.65. The molecule has 0 radical (unpaired) electrons. The standard InChI is InChI=1S/C21H23FN2O4S2/c22-17-8-11-20(12-9-17)30(27,28)24-14-4-5-16-15-18(10-13-21(16)24)23-29(25,26)19-6-2-1-3-7-19/h6,8-13,15,23H,1-5,7,14H2. The number of hydrogen-bond acceptors (Lipinski definition) is 4. The predicted molar refractivity (Wildman–Crippen MR) is 115 cm³/mol. The number of fused-ring (bicyclic) bond motifs is 1. The highest BCUT2D eigenvalue weighted by molar-refractivity contribution is 7.96. The van der Waals surface area contributed by atoms with E-state index < -0.39 is 25.9 Å². The molecule has 0 aromatic heterocycles. The molecule has 160 valence electrons. The summed E-state index contributed by atoms with van der Waals surface area (Å²) >= 11 is 0. The van der Waals surface area contributed by atoms with Crippen molar-refractivity contribution >= 4 is 31.4 Å². The van der Waals surface area contributed by atoms with Crippen molar-refractivity contribution in [2.75, 3.05) is 15.6 Å². The SMILES string of the molecule is O=S(=O)(Nc1ccc2c(c1)CCCN2S(=O)(=O)c1ccc(F)cc1)C1=CCCCC1.